The van der Waals surface area contributed by atoms with Crippen molar-refractivity contribution in [1.82, 2.24) is 19.9 Å². The van der Waals surface area contributed by atoms with Crippen LogP contribution in [0.4, 0.5) is 20.4 Å². The van der Waals surface area contributed by atoms with Crippen LogP contribution < -0.4 is 20.5 Å². The zero-order valence-electron chi connectivity index (χ0n) is 31.6. The second-order valence-corrected chi connectivity index (χ2v) is 13.9. The van der Waals surface area contributed by atoms with Crippen molar-refractivity contribution in [2.24, 2.45) is 0 Å². The maximum atomic E-state index is 13.7. The molecule has 10 nitrogen and oxygen atoms in total. The summed E-state index contributed by atoms with van der Waals surface area (Å²) in [7, 11) is 3.32. The lowest BCUT2D eigenvalue weighted by atomic mass is 10.0. The summed E-state index contributed by atoms with van der Waals surface area (Å²) in [5.41, 5.74) is 14.2. The number of nitrogen functional groups attached to an aromatic ring is 1. The molecular weight excluding hydrogens is 809 g/mol. The predicted octanol–water partition coefficient (Wildman–Crippen LogP) is 9.88. The van der Waals surface area contributed by atoms with Crippen molar-refractivity contribution in [1.29, 1.82) is 0 Å². The van der Waals surface area contributed by atoms with Crippen LogP contribution in [-0.2, 0) is 25.7 Å². The molecule has 2 heterocycles. The first-order valence-electron chi connectivity index (χ1n) is 18.0. The molecule has 2 aromatic heterocycles. The first-order valence-corrected chi connectivity index (χ1v) is 19.4. The SMILES string of the molecule is COc1cc2c(cc1-c1cnc(N)cn1)CCC2.COc1cc2c(cc1-c1cnc(NC(=O)c3ccccc3F)cn1)CCC2.ClCCl.O=C(Cl)c1ccccc1F. The predicted molar refractivity (Wildman–Crippen MR) is 224 cm³/mol. The van der Waals surface area contributed by atoms with E-state index in [1.165, 1.54) is 71.3 Å². The third kappa shape index (κ3) is 11.2. The molecule has 2 aliphatic rings. The molecule has 300 valence electrons. The van der Waals surface area contributed by atoms with E-state index in [0.29, 0.717) is 11.5 Å². The molecule has 15 heteroatoms. The summed E-state index contributed by atoms with van der Waals surface area (Å²) in [6.45, 7) is 0. The number of hydrogen-bond acceptors (Lipinski definition) is 9. The van der Waals surface area contributed by atoms with Crippen molar-refractivity contribution in [3.63, 3.8) is 0 Å². The third-order valence-corrected chi connectivity index (χ3v) is 9.35. The molecule has 58 heavy (non-hydrogen) atoms. The molecule has 4 aromatic carbocycles. The van der Waals surface area contributed by atoms with Gasteiger partial charge in [-0.25, -0.2) is 18.7 Å². The molecule has 0 unspecified atom stereocenters. The first-order chi connectivity index (χ1) is 28.1. The Labute approximate surface area is 349 Å². The fourth-order valence-electron chi connectivity index (χ4n) is 6.40. The standard InChI is InChI=1S/C21H18FN3O2.C14H15N3O.C7H4ClFO.CH2Cl2/c1-27-19-10-14-6-4-5-13(14)9-16(19)18-11-24-20(12-23-18)25-21(26)15-7-2-3-8-17(15)22;1-18-13-6-10-4-2-3-9(10)5-11(13)12-7-17-14(15)8-16-12;8-7(10)5-3-1-2-4-6(5)9;2-1-3/h2-3,7-12H,4-6H2,1H3,(H,24,25,26);5-8H,2-4H2,1H3,(H2,15,17);1-4H;1H2. The number of aryl methyl sites for hydroxylation is 4. The molecule has 1 amide bonds. The molecule has 3 N–H and O–H groups in total. The van der Waals surface area contributed by atoms with Crippen LogP contribution in [0.15, 0.2) is 97.6 Å². The zero-order valence-corrected chi connectivity index (χ0v) is 33.8. The Kier molecular flexibility index (Phi) is 15.9. The maximum absolute atomic E-state index is 13.7. The fourth-order valence-corrected chi connectivity index (χ4v) is 6.55. The van der Waals surface area contributed by atoms with Crippen molar-refractivity contribution < 1.29 is 27.8 Å². The van der Waals surface area contributed by atoms with E-state index in [-0.39, 0.29) is 22.3 Å². The fraction of sp³-hybridized carbons (Fsp3) is 0.209. The van der Waals surface area contributed by atoms with E-state index in [1.807, 2.05) is 0 Å². The zero-order chi connectivity index (χ0) is 41.6. The summed E-state index contributed by atoms with van der Waals surface area (Å²) in [6.07, 6.45) is 13.1. The topological polar surface area (TPSA) is 142 Å². The summed E-state index contributed by atoms with van der Waals surface area (Å²) in [4.78, 5) is 39.6. The van der Waals surface area contributed by atoms with E-state index in [4.69, 9.17) is 50.0 Å². The number of hydrogen-bond donors (Lipinski definition) is 2. The van der Waals surface area contributed by atoms with E-state index >= 15 is 0 Å². The summed E-state index contributed by atoms with van der Waals surface area (Å²) >= 11 is 14.6. The van der Waals surface area contributed by atoms with Crippen molar-refractivity contribution >= 4 is 57.6 Å². The van der Waals surface area contributed by atoms with Gasteiger partial charge in [0.2, 0.25) is 0 Å². The van der Waals surface area contributed by atoms with Gasteiger partial charge in [0.25, 0.3) is 11.1 Å². The van der Waals surface area contributed by atoms with Crippen LogP contribution in [0.3, 0.4) is 0 Å². The van der Waals surface area contributed by atoms with Crippen molar-refractivity contribution in [2.75, 3.05) is 30.6 Å². The number of nitrogens with one attached hydrogen (secondary N) is 1. The molecule has 6 aromatic rings. The van der Waals surface area contributed by atoms with Gasteiger partial charge in [-0.15, -0.1) is 23.2 Å². The number of fused-ring (bicyclic) bond motifs is 2. The lowest BCUT2D eigenvalue weighted by Gasteiger charge is -2.11. The third-order valence-electron chi connectivity index (χ3n) is 9.15. The van der Waals surface area contributed by atoms with Crippen LogP contribution in [0, 0.1) is 11.6 Å². The second-order valence-electron chi connectivity index (χ2n) is 12.8. The molecule has 0 saturated carbocycles. The normalized spacial score (nSPS) is 11.9. The molecule has 0 fully saturated rings. The Bertz CT molecular complexity index is 2350. The highest BCUT2D eigenvalue weighted by Crippen LogP contribution is 2.36. The minimum atomic E-state index is -0.766. The maximum Gasteiger partial charge on any atom is 0.259 e. The molecule has 0 atom stereocenters. The number of nitrogens with two attached hydrogens (primary N) is 1. The minimum absolute atomic E-state index is 0.0383. The number of amides is 1. The smallest absolute Gasteiger partial charge is 0.259 e. The molecule has 8 rings (SSSR count). The van der Waals surface area contributed by atoms with E-state index in [1.54, 1.807) is 44.9 Å². The molecular formula is C43H39Cl3F2N6O4. The summed E-state index contributed by atoms with van der Waals surface area (Å²) in [5.74, 6) is 0.573. The van der Waals surface area contributed by atoms with Gasteiger partial charge in [0.15, 0.2) is 5.82 Å². The van der Waals surface area contributed by atoms with Gasteiger partial charge in [0, 0.05) is 11.1 Å². The molecule has 2 aliphatic carbocycles. The van der Waals surface area contributed by atoms with Gasteiger partial charge in [-0.2, -0.15) is 0 Å². The monoisotopic (exact) mass is 846 g/mol. The van der Waals surface area contributed by atoms with Crippen molar-refractivity contribution in [3.8, 4) is 34.0 Å². The van der Waals surface area contributed by atoms with Crippen LogP contribution in [0.5, 0.6) is 11.5 Å². The number of ether oxygens (including phenoxy) is 2. The van der Waals surface area contributed by atoms with Crippen LogP contribution >= 0.6 is 34.8 Å². The highest BCUT2D eigenvalue weighted by atomic mass is 35.5. The summed E-state index contributed by atoms with van der Waals surface area (Å²) in [5, 5.41) is 1.99. The van der Waals surface area contributed by atoms with E-state index in [0.717, 1.165) is 60.4 Å². The highest BCUT2D eigenvalue weighted by molar-refractivity contribution is 6.67. The lowest BCUT2D eigenvalue weighted by Crippen LogP contribution is -2.14. The number of alkyl halides is 2. The summed E-state index contributed by atoms with van der Waals surface area (Å²) < 4.78 is 37.2. The molecule has 0 bridgehead atoms. The van der Waals surface area contributed by atoms with Crippen LogP contribution in [0.25, 0.3) is 22.5 Å². The van der Waals surface area contributed by atoms with Crippen LogP contribution in [0.1, 0.15) is 55.8 Å². The number of carbonyl (C=O) groups is 2. The molecule has 0 aliphatic heterocycles. The van der Waals surface area contributed by atoms with Gasteiger partial charge >= 0.3 is 0 Å². The Morgan fingerprint density at radius 3 is 1.52 bits per heavy atom. The number of anilines is 2. The average Bonchev–Trinajstić information content (AvgIpc) is 3.90. The van der Waals surface area contributed by atoms with Gasteiger partial charge in [-0.05, 0) is 121 Å². The van der Waals surface area contributed by atoms with Crippen molar-refractivity contribution in [2.45, 2.75) is 38.5 Å². The number of rotatable bonds is 7. The number of nitrogens with zero attached hydrogens (tertiary/aromatic N) is 4. The van der Waals surface area contributed by atoms with Crippen LogP contribution in [-0.4, -0.2) is 50.6 Å². The average molecular weight is 848 g/mol. The second kappa shape index (κ2) is 21.2. The van der Waals surface area contributed by atoms with E-state index in [9.17, 15) is 18.4 Å². The Balaban J connectivity index is 0.000000177. The lowest BCUT2D eigenvalue weighted by molar-refractivity contribution is 0.102. The van der Waals surface area contributed by atoms with Crippen LogP contribution in [0.2, 0.25) is 0 Å². The first kappa shape index (κ1) is 43.4. The quantitative estimate of drug-likeness (QED) is 0.119. The highest BCUT2D eigenvalue weighted by Gasteiger charge is 2.19. The minimum Gasteiger partial charge on any atom is -0.496 e. The summed E-state index contributed by atoms with van der Waals surface area (Å²) in [6, 6.07) is 19.8. The van der Waals surface area contributed by atoms with Gasteiger partial charge in [-0.1, -0.05) is 24.3 Å². The number of halogens is 5. The number of benzene rings is 4. The van der Waals surface area contributed by atoms with Crippen molar-refractivity contribution in [3.05, 3.63) is 143 Å². The van der Waals surface area contributed by atoms with Gasteiger partial charge < -0.3 is 20.5 Å². The Morgan fingerprint density at radius 1 is 0.672 bits per heavy atom. The number of methoxy groups -OCH3 is 2. The number of carbonyl (C=O) groups excluding carboxylic acids is 2. The van der Waals surface area contributed by atoms with E-state index < -0.39 is 22.8 Å². The van der Waals surface area contributed by atoms with Gasteiger partial charge in [0.1, 0.15) is 29.0 Å². The molecule has 0 saturated heterocycles. The Hall–Kier alpha value is -5.69. The number of aromatic nitrogens is 4. The Morgan fingerprint density at radius 2 is 1.12 bits per heavy atom. The largest absolute Gasteiger partial charge is 0.496 e. The molecule has 0 spiro atoms. The van der Waals surface area contributed by atoms with E-state index in [2.05, 4.69) is 49.5 Å². The van der Waals surface area contributed by atoms with Gasteiger partial charge in [0.05, 0.1) is 66.9 Å². The molecule has 0 radical (unpaired) electrons. The van der Waals surface area contributed by atoms with Gasteiger partial charge in [-0.3, -0.25) is 19.6 Å².